The first-order valence-corrected chi connectivity index (χ1v) is 20.5. The summed E-state index contributed by atoms with van der Waals surface area (Å²) in [5, 5.41) is 9.56. The topological polar surface area (TPSA) is 192 Å². The maximum atomic E-state index is 13.5. The first-order valence-electron chi connectivity index (χ1n) is 20.1. The molecule has 2 fully saturated rings. The van der Waals surface area contributed by atoms with E-state index in [2.05, 4.69) is 53.5 Å². The molecule has 3 aliphatic rings. The van der Waals surface area contributed by atoms with Gasteiger partial charge in [0.15, 0.2) is 5.78 Å². The highest BCUT2D eigenvalue weighted by molar-refractivity contribution is 6.34. The van der Waals surface area contributed by atoms with Crippen LogP contribution in [-0.4, -0.2) is 83.8 Å². The van der Waals surface area contributed by atoms with E-state index in [1.165, 1.54) is 24.3 Å². The van der Waals surface area contributed by atoms with Crippen molar-refractivity contribution in [1.29, 1.82) is 5.26 Å². The molecule has 0 spiro atoms. The zero-order valence-corrected chi connectivity index (χ0v) is 34.9. The number of aromatic amines is 1. The molecule has 7 rings (SSSR count). The number of anilines is 2. The Balaban J connectivity index is 0.815. The third-order valence-electron chi connectivity index (χ3n) is 12.3. The SMILES string of the molecule is CC1(C)C(CC(=O)c2ccc(N3CCN(CCCCCOc4ccc5c(c4)C(=O)N(c4ccc(C(N)=O)[nH]c4=O)C5=O)CC3)nc2)C(C)(C)C1Oc1ccc(C#N)c(Cl)c1. The Morgan fingerprint density at radius 2 is 1.62 bits per heavy atom. The summed E-state index contributed by atoms with van der Waals surface area (Å²) in [6.45, 7) is 13.4. The van der Waals surface area contributed by atoms with E-state index in [9.17, 15) is 29.2 Å². The second-order valence-electron chi connectivity index (χ2n) is 16.8. The van der Waals surface area contributed by atoms with Crippen LogP contribution in [0.25, 0.3) is 0 Å². The maximum Gasteiger partial charge on any atom is 0.273 e. The number of Topliss-reactive ketones (excluding diaryl/α,β-unsaturated/α-hetero) is 1. The van der Waals surface area contributed by atoms with Crippen LogP contribution < -0.4 is 30.6 Å². The molecule has 3 amide bonds. The molecule has 60 heavy (non-hydrogen) atoms. The molecule has 15 heteroatoms. The van der Waals surface area contributed by atoms with Crippen LogP contribution in [0.5, 0.6) is 11.5 Å². The van der Waals surface area contributed by atoms with Crippen molar-refractivity contribution in [2.24, 2.45) is 22.5 Å². The zero-order chi connectivity index (χ0) is 42.9. The number of nitriles is 1. The number of nitrogens with one attached hydrogen (secondary N) is 1. The van der Waals surface area contributed by atoms with Crippen molar-refractivity contribution in [3.8, 4) is 17.6 Å². The van der Waals surface area contributed by atoms with Crippen LogP contribution in [0.15, 0.2) is 71.7 Å². The minimum absolute atomic E-state index is 0.0616. The van der Waals surface area contributed by atoms with Crippen LogP contribution in [0, 0.1) is 28.1 Å². The summed E-state index contributed by atoms with van der Waals surface area (Å²) < 4.78 is 12.3. The molecule has 1 aliphatic carbocycles. The highest BCUT2D eigenvalue weighted by Crippen LogP contribution is 2.61. The number of pyridine rings is 2. The van der Waals surface area contributed by atoms with Gasteiger partial charge in [0.25, 0.3) is 23.3 Å². The lowest BCUT2D eigenvalue weighted by atomic mass is 9.44. The summed E-state index contributed by atoms with van der Waals surface area (Å²) in [7, 11) is 0. The van der Waals surface area contributed by atoms with Crippen molar-refractivity contribution in [1.82, 2.24) is 14.9 Å². The van der Waals surface area contributed by atoms with Gasteiger partial charge in [-0.3, -0.25) is 28.9 Å². The van der Waals surface area contributed by atoms with E-state index in [1.807, 2.05) is 12.1 Å². The van der Waals surface area contributed by atoms with Gasteiger partial charge >= 0.3 is 0 Å². The van der Waals surface area contributed by atoms with Crippen molar-refractivity contribution >= 4 is 46.6 Å². The molecule has 4 aromatic rings. The number of ketones is 1. The van der Waals surface area contributed by atoms with Crippen LogP contribution in [0.4, 0.5) is 11.5 Å². The number of carbonyl (C=O) groups excluding carboxylic acids is 4. The number of aromatic nitrogens is 2. The van der Waals surface area contributed by atoms with E-state index in [-0.39, 0.29) is 51.1 Å². The minimum atomic E-state index is -0.833. The average molecular weight is 834 g/mol. The Hall–Kier alpha value is -6.04. The van der Waals surface area contributed by atoms with E-state index in [4.69, 9.17) is 26.8 Å². The number of ether oxygens (including phenoxy) is 2. The van der Waals surface area contributed by atoms with E-state index in [0.717, 1.165) is 62.7 Å². The van der Waals surface area contributed by atoms with E-state index < -0.39 is 23.3 Å². The number of carbonyl (C=O) groups is 4. The maximum absolute atomic E-state index is 13.5. The number of amides is 3. The molecular formula is C45H48ClN7O7. The lowest BCUT2D eigenvalue weighted by Gasteiger charge is -2.63. The lowest BCUT2D eigenvalue weighted by molar-refractivity contribution is -0.196. The first-order chi connectivity index (χ1) is 28.6. The molecule has 0 atom stereocenters. The molecule has 2 aromatic heterocycles. The van der Waals surface area contributed by atoms with Gasteiger partial charge in [-0.05, 0) is 86.3 Å². The van der Waals surface area contributed by atoms with Gasteiger partial charge in [-0.25, -0.2) is 9.88 Å². The first kappa shape index (κ1) is 42.1. The molecule has 0 radical (unpaired) electrons. The summed E-state index contributed by atoms with van der Waals surface area (Å²) in [5.74, 6) is -0.0413. The Labute approximate surface area is 353 Å². The van der Waals surface area contributed by atoms with E-state index in [1.54, 1.807) is 30.5 Å². The van der Waals surface area contributed by atoms with Crippen molar-refractivity contribution in [2.75, 3.05) is 49.1 Å². The molecule has 312 valence electrons. The van der Waals surface area contributed by atoms with Gasteiger partial charge in [-0.1, -0.05) is 39.3 Å². The summed E-state index contributed by atoms with van der Waals surface area (Å²) in [5.41, 5.74) is 4.88. The number of unbranched alkanes of at least 4 members (excludes halogenated alkanes) is 2. The molecule has 1 saturated heterocycles. The molecule has 2 aliphatic heterocycles. The number of nitrogens with two attached hydrogens (primary N) is 1. The summed E-state index contributed by atoms with van der Waals surface area (Å²) in [6, 6.07) is 18.1. The molecule has 4 heterocycles. The molecule has 0 unspecified atom stereocenters. The number of H-pyrrole nitrogens is 1. The number of benzene rings is 2. The van der Waals surface area contributed by atoms with Crippen molar-refractivity contribution in [2.45, 2.75) is 59.5 Å². The number of fused-ring (bicyclic) bond motifs is 1. The third-order valence-corrected chi connectivity index (χ3v) is 12.6. The molecule has 14 nitrogen and oxygen atoms in total. The van der Waals surface area contributed by atoms with Gasteiger partial charge in [-0.2, -0.15) is 5.26 Å². The highest BCUT2D eigenvalue weighted by Gasteiger charge is 2.63. The van der Waals surface area contributed by atoms with Crippen molar-refractivity contribution < 1.29 is 28.7 Å². The number of imide groups is 1. The normalized spacial score (nSPS) is 19.3. The Bertz CT molecular complexity index is 2420. The molecule has 1 saturated carbocycles. The number of hydrogen-bond acceptors (Lipinski definition) is 11. The number of rotatable bonds is 15. The average Bonchev–Trinajstić information content (AvgIpc) is 3.47. The number of hydrogen-bond donors (Lipinski definition) is 2. The van der Waals surface area contributed by atoms with Crippen LogP contribution in [0.1, 0.15) is 101 Å². The second-order valence-corrected chi connectivity index (χ2v) is 17.2. The smallest absolute Gasteiger partial charge is 0.273 e. The quantitative estimate of drug-likeness (QED) is 0.0780. The van der Waals surface area contributed by atoms with Gasteiger partial charge in [-0.15, -0.1) is 0 Å². The van der Waals surface area contributed by atoms with Crippen molar-refractivity contribution in [3.63, 3.8) is 0 Å². The van der Waals surface area contributed by atoms with E-state index >= 15 is 0 Å². The van der Waals surface area contributed by atoms with Crippen LogP contribution in [0.2, 0.25) is 5.02 Å². The highest BCUT2D eigenvalue weighted by atomic mass is 35.5. The standard InChI is InChI=1S/C45H48ClN7O7/c1-44(2)37(45(3,4)43(44)60-30-10-8-27(25-47)33(46)23-30)24-36(54)28-9-15-38(49-26-28)52-19-17-51(18-20-52)16-6-5-7-21-59-29-11-12-31-32(22-29)42(58)53(41(31)57)35-14-13-34(39(48)55)50-40(35)56/h8-15,22-23,26,37,43H,5-7,16-21,24H2,1-4H3,(H2,48,55)(H,50,56). The molecule has 3 N–H and O–H groups in total. The van der Waals surface area contributed by atoms with Crippen LogP contribution >= 0.6 is 11.6 Å². The van der Waals surface area contributed by atoms with Gasteiger partial charge in [0.05, 0.1) is 28.3 Å². The van der Waals surface area contributed by atoms with Gasteiger partial charge < -0.3 is 25.1 Å². The van der Waals surface area contributed by atoms with Crippen LogP contribution in [-0.2, 0) is 0 Å². The summed E-state index contributed by atoms with van der Waals surface area (Å²) in [4.78, 5) is 76.1. The second kappa shape index (κ2) is 16.9. The predicted molar refractivity (Wildman–Crippen MR) is 226 cm³/mol. The number of nitrogens with zero attached hydrogens (tertiary/aromatic N) is 5. The van der Waals surface area contributed by atoms with E-state index in [0.29, 0.717) is 40.7 Å². The third kappa shape index (κ3) is 8.24. The molecule has 0 bridgehead atoms. The lowest BCUT2D eigenvalue weighted by Crippen LogP contribution is -2.66. The van der Waals surface area contributed by atoms with Crippen LogP contribution in [0.3, 0.4) is 0 Å². The fourth-order valence-electron chi connectivity index (χ4n) is 9.17. The van der Waals surface area contributed by atoms with Gasteiger partial charge in [0.1, 0.15) is 40.9 Å². The fourth-order valence-corrected chi connectivity index (χ4v) is 9.39. The van der Waals surface area contributed by atoms with Gasteiger partial charge in [0, 0.05) is 61.3 Å². The molecule has 2 aromatic carbocycles. The summed E-state index contributed by atoms with van der Waals surface area (Å²) in [6.07, 6.45) is 4.70. The fraction of sp³-hybridized carbons (Fsp3) is 0.400. The minimum Gasteiger partial charge on any atom is -0.494 e. The predicted octanol–water partition coefficient (Wildman–Crippen LogP) is 6.27. The van der Waals surface area contributed by atoms with Crippen molar-refractivity contribution in [3.05, 3.63) is 110 Å². The van der Waals surface area contributed by atoms with Gasteiger partial charge in [0.2, 0.25) is 0 Å². The number of primary amides is 1. The Morgan fingerprint density at radius 3 is 2.27 bits per heavy atom. The monoisotopic (exact) mass is 833 g/mol. The molecular weight excluding hydrogens is 786 g/mol. The Kier molecular flexibility index (Phi) is 11.9. The summed E-state index contributed by atoms with van der Waals surface area (Å²) >= 11 is 6.25. The number of halogens is 1. The largest absolute Gasteiger partial charge is 0.494 e. The number of piperazine rings is 1. The zero-order valence-electron chi connectivity index (χ0n) is 34.1. The Morgan fingerprint density at radius 1 is 0.900 bits per heavy atom.